The quantitative estimate of drug-likeness (QED) is 0.567. The SMILES string of the molecule is Cn1cnnc1SCC(=O)Nc1cccc(C(=O)NCCc2ccsc2)c1. The van der Waals surface area contributed by atoms with Gasteiger partial charge in [0, 0.05) is 24.8 Å². The molecule has 0 unspecified atom stereocenters. The number of hydrogen-bond acceptors (Lipinski definition) is 6. The van der Waals surface area contributed by atoms with E-state index in [-0.39, 0.29) is 17.6 Å². The molecule has 2 heterocycles. The number of benzene rings is 1. The maximum Gasteiger partial charge on any atom is 0.251 e. The van der Waals surface area contributed by atoms with Gasteiger partial charge in [0.1, 0.15) is 6.33 Å². The number of thioether (sulfide) groups is 1. The molecule has 3 rings (SSSR count). The van der Waals surface area contributed by atoms with E-state index in [4.69, 9.17) is 0 Å². The fourth-order valence-corrected chi connectivity index (χ4v) is 3.72. The number of nitrogens with one attached hydrogen (secondary N) is 2. The van der Waals surface area contributed by atoms with Crippen LogP contribution in [0.4, 0.5) is 5.69 Å². The van der Waals surface area contributed by atoms with Gasteiger partial charge in [-0.1, -0.05) is 17.8 Å². The molecule has 2 N–H and O–H groups in total. The lowest BCUT2D eigenvalue weighted by atomic mass is 10.2. The van der Waals surface area contributed by atoms with Crippen LogP contribution in [0.15, 0.2) is 52.6 Å². The first kappa shape index (κ1) is 19.1. The molecule has 0 saturated carbocycles. The molecule has 0 atom stereocenters. The molecule has 0 saturated heterocycles. The van der Waals surface area contributed by atoms with E-state index in [1.807, 2.05) is 18.5 Å². The molecular weight excluding hydrogens is 382 g/mol. The number of anilines is 1. The topological polar surface area (TPSA) is 88.9 Å². The van der Waals surface area contributed by atoms with E-state index in [2.05, 4.69) is 26.2 Å². The monoisotopic (exact) mass is 401 g/mol. The summed E-state index contributed by atoms with van der Waals surface area (Å²) in [6.07, 6.45) is 2.38. The smallest absolute Gasteiger partial charge is 0.251 e. The number of aromatic nitrogens is 3. The Hall–Kier alpha value is -2.65. The van der Waals surface area contributed by atoms with E-state index in [1.165, 1.54) is 17.3 Å². The zero-order valence-corrected chi connectivity index (χ0v) is 16.3. The molecule has 2 amide bonds. The summed E-state index contributed by atoms with van der Waals surface area (Å²) in [5, 5.41) is 18.2. The lowest BCUT2D eigenvalue weighted by Gasteiger charge is -2.08. The van der Waals surface area contributed by atoms with Gasteiger partial charge in [0.2, 0.25) is 5.91 Å². The van der Waals surface area contributed by atoms with Crippen LogP contribution in [0.2, 0.25) is 0 Å². The highest BCUT2D eigenvalue weighted by Crippen LogP contribution is 2.15. The van der Waals surface area contributed by atoms with Crippen molar-refractivity contribution in [2.24, 2.45) is 7.05 Å². The van der Waals surface area contributed by atoms with E-state index >= 15 is 0 Å². The van der Waals surface area contributed by atoms with Gasteiger partial charge in [0.15, 0.2) is 5.16 Å². The molecule has 3 aromatic rings. The third kappa shape index (κ3) is 5.66. The van der Waals surface area contributed by atoms with Crippen molar-refractivity contribution in [2.45, 2.75) is 11.6 Å². The molecule has 27 heavy (non-hydrogen) atoms. The van der Waals surface area contributed by atoms with Gasteiger partial charge in [0.05, 0.1) is 5.75 Å². The van der Waals surface area contributed by atoms with Gasteiger partial charge in [0.25, 0.3) is 5.91 Å². The summed E-state index contributed by atoms with van der Waals surface area (Å²) in [5.74, 6) is -0.114. The summed E-state index contributed by atoms with van der Waals surface area (Å²) >= 11 is 2.94. The average molecular weight is 402 g/mol. The first-order valence-electron chi connectivity index (χ1n) is 8.28. The van der Waals surface area contributed by atoms with Crippen molar-refractivity contribution in [3.8, 4) is 0 Å². The van der Waals surface area contributed by atoms with Gasteiger partial charge < -0.3 is 15.2 Å². The number of nitrogens with zero attached hydrogens (tertiary/aromatic N) is 3. The molecule has 0 spiro atoms. The normalized spacial score (nSPS) is 10.6. The minimum absolute atomic E-state index is 0.158. The standard InChI is InChI=1S/C18H19N5O2S2/c1-23-12-20-22-18(23)27-11-16(24)21-15-4-2-3-14(9-15)17(25)19-7-5-13-6-8-26-10-13/h2-4,6,8-10,12H,5,7,11H2,1H3,(H,19,25)(H,21,24). The molecule has 2 aromatic heterocycles. The Balaban J connectivity index is 1.49. The predicted octanol–water partition coefficient (Wildman–Crippen LogP) is 2.58. The van der Waals surface area contributed by atoms with Crippen LogP contribution >= 0.6 is 23.1 Å². The van der Waals surface area contributed by atoms with Crippen LogP contribution in [0.5, 0.6) is 0 Å². The Morgan fingerprint density at radius 1 is 1.30 bits per heavy atom. The highest BCUT2D eigenvalue weighted by molar-refractivity contribution is 7.99. The van der Waals surface area contributed by atoms with Crippen LogP contribution in [0, 0.1) is 0 Å². The van der Waals surface area contributed by atoms with Gasteiger partial charge in [-0.3, -0.25) is 9.59 Å². The number of thiophene rings is 1. The van der Waals surface area contributed by atoms with Crippen LogP contribution in [0.25, 0.3) is 0 Å². The van der Waals surface area contributed by atoms with E-state index in [1.54, 1.807) is 46.5 Å². The Bertz CT molecular complexity index is 908. The molecule has 7 nitrogen and oxygen atoms in total. The fraction of sp³-hybridized carbons (Fsp3) is 0.222. The zero-order valence-electron chi connectivity index (χ0n) is 14.7. The molecule has 0 aliphatic heterocycles. The van der Waals surface area contributed by atoms with Gasteiger partial charge in [-0.05, 0) is 47.0 Å². The summed E-state index contributed by atoms with van der Waals surface area (Å²) in [7, 11) is 1.82. The van der Waals surface area contributed by atoms with Gasteiger partial charge in [-0.15, -0.1) is 10.2 Å². The summed E-state index contributed by atoms with van der Waals surface area (Å²) in [6.45, 7) is 0.570. The molecule has 0 aliphatic rings. The number of aryl methyl sites for hydroxylation is 1. The third-order valence-corrected chi connectivity index (χ3v) is 5.46. The molecule has 0 fully saturated rings. The average Bonchev–Trinajstić information content (AvgIpc) is 3.32. The molecule has 140 valence electrons. The Morgan fingerprint density at radius 3 is 2.93 bits per heavy atom. The molecule has 0 bridgehead atoms. The molecule has 0 radical (unpaired) electrons. The summed E-state index contributed by atoms with van der Waals surface area (Å²) in [4.78, 5) is 24.4. The first-order valence-corrected chi connectivity index (χ1v) is 10.2. The second-order valence-electron chi connectivity index (χ2n) is 5.78. The van der Waals surface area contributed by atoms with Crippen molar-refractivity contribution in [3.05, 3.63) is 58.5 Å². The van der Waals surface area contributed by atoms with Gasteiger partial charge in [-0.25, -0.2) is 0 Å². The highest BCUT2D eigenvalue weighted by atomic mass is 32.2. The van der Waals surface area contributed by atoms with Crippen molar-refractivity contribution in [1.29, 1.82) is 0 Å². The van der Waals surface area contributed by atoms with E-state index in [0.29, 0.717) is 23.0 Å². The van der Waals surface area contributed by atoms with Crippen molar-refractivity contribution in [2.75, 3.05) is 17.6 Å². The summed E-state index contributed by atoms with van der Waals surface area (Å²) < 4.78 is 1.75. The van der Waals surface area contributed by atoms with Crippen molar-refractivity contribution < 1.29 is 9.59 Å². The number of carbonyl (C=O) groups is 2. The van der Waals surface area contributed by atoms with Crippen LogP contribution in [0.3, 0.4) is 0 Å². The van der Waals surface area contributed by atoms with E-state index in [9.17, 15) is 9.59 Å². The maximum absolute atomic E-state index is 12.3. The van der Waals surface area contributed by atoms with Gasteiger partial charge >= 0.3 is 0 Å². The first-order chi connectivity index (χ1) is 13.1. The third-order valence-electron chi connectivity index (χ3n) is 3.69. The Labute approximate surface area is 165 Å². The Morgan fingerprint density at radius 2 is 2.19 bits per heavy atom. The van der Waals surface area contributed by atoms with E-state index in [0.717, 1.165) is 6.42 Å². The summed E-state index contributed by atoms with van der Waals surface area (Å²) in [6, 6.07) is 8.95. The minimum Gasteiger partial charge on any atom is -0.352 e. The lowest BCUT2D eigenvalue weighted by molar-refractivity contribution is -0.113. The zero-order chi connectivity index (χ0) is 19.1. The largest absolute Gasteiger partial charge is 0.352 e. The lowest BCUT2D eigenvalue weighted by Crippen LogP contribution is -2.25. The molecule has 1 aromatic carbocycles. The minimum atomic E-state index is -0.169. The van der Waals surface area contributed by atoms with Crippen LogP contribution < -0.4 is 10.6 Å². The van der Waals surface area contributed by atoms with Gasteiger partial charge in [-0.2, -0.15) is 11.3 Å². The van der Waals surface area contributed by atoms with Crippen LogP contribution in [-0.4, -0.2) is 38.9 Å². The van der Waals surface area contributed by atoms with Crippen LogP contribution in [0.1, 0.15) is 15.9 Å². The van der Waals surface area contributed by atoms with E-state index < -0.39 is 0 Å². The molecule has 9 heteroatoms. The maximum atomic E-state index is 12.3. The number of hydrogen-bond donors (Lipinski definition) is 2. The summed E-state index contributed by atoms with van der Waals surface area (Å²) in [5.41, 5.74) is 2.31. The second kappa shape index (κ2) is 9.33. The Kier molecular flexibility index (Phi) is 6.61. The number of amides is 2. The number of rotatable bonds is 8. The van der Waals surface area contributed by atoms with Crippen molar-refractivity contribution in [3.63, 3.8) is 0 Å². The molecule has 0 aliphatic carbocycles. The number of carbonyl (C=O) groups excluding carboxylic acids is 2. The fourth-order valence-electron chi connectivity index (χ4n) is 2.33. The highest BCUT2D eigenvalue weighted by Gasteiger charge is 2.10. The van der Waals surface area contributed by atoms with Crippen molar-refractivity contribution in [1.82, 2.24) is 20.1 Å². The second-order valence-corrected chi connectivity index (χ2v) is 7.50. The van der Waals surface area contributed by atoms with Crippen LogP contribution in [-0.2, 0) is 18.3 Å². The predicted molar refractivity (Wildman–Crippen MR) is 107 cm³/mol. The molecular formula is C18H19N5O2S2. The van der Waals surface area contributed by atoms with Crippen molar-refractivity contribution >= 4 is 40.6 Å².